The van der Waals surface area contributed by atoms with Crippen LogP contribution >= 0.6 is 0 Å². The van der Waals surface area contributed by atoms with Gasteiger partial charge in [-0.2, -0.15) is 0 Å². The fourth-order valence-corrected chi connectivity index (χ4v) is 3.08. The Bertz CT molecular complexity index is 644. The van der Waals surface area contributed by atoms with Crippen molar-refractivity contribution in [2.75, 3.05) is 5.32 Å². The van der Waals surface area contributed by atoms with Crippen molar-refractivity contribution in [1.82, 2.24) is 4.98 Å². The van der Waals surface area contributed by atoms with E-state index in [0.717, 1.165) is 17.5 Å². The van der Waals surface area contributed by atoms with Gasteiger partial charge in [-0.15, -0.1) is 0 Å². The van der Waals surface area contributed by atoms with E-state index in [4.69, 9.17) is 0 Å². The molecule has 2 aromatic rings. The summed E-state index contributed by atoms with van der Waals surface area (Å²) in [5, 5.41) is 4.38. The van der Waals surface area contributed by atoms with Gasteiger partial charge < -0.3 is 5.32 Å². The number of hydrogen-bond acceptors (Lipinski definition) is 2. The van der Waals surface area contributed by atoms with Crippen LogP contribution in [0, 0.1) is 11.2 Å². The third kappa shape index (κ3) is 2.77. The zero-order valence-electron chi connectivity index (χ0n) is 12.3. The smallest absolute Gasteiger partial charge is 0.149 e. The molecule has 20 heavy (non-hydrogen) atoms. The Balaban J connectivity index is 1.83. The molecular formula is C17H21FN2. The highest BCUT2D eigenvalue weighted by molar-refractivity contribution is 5.82. The van der Waals surface area contributed by atoms with Gasteiger partial charge in [-0.3, -0.25) is 4.98 Å². The average Bonchev–Trinajstić information content (AvgIpc) is 3.05. The molecule has 106 valence electrons. The van der Waals surface area contributed by atoms with Crippen molar-refractivity contribution >= 4 is 16.6 Å². The molecule has 0 amide bonds. The van der Waals surface area contributed by atoms with Crippen LogP contribution in [0.5, 0.6) is 0 Å². The lowest BCUT2D eigenvalue weighted by Gasteiger charge is -2.30. The number of nitrogens with zero attached hydrogens (tertiary/aromatic N) is 1. The Morgan fingerprint density at radius 2 is 2.10 bits per heavy atom. The number of aromatic nitrogens is 1. The normalized spacial score (nSPS) is 17.2. The number of pyridine rings is 1. The predicted molar refractivity (Wildman–Crippen MR) is 81.4 cm³/mol. The molecule has 2 nitrogen and oxygen atoms in total. The van der Waals surface area contributed by atoms with Crippen LogP contribution < -0.4 is 5.32 Å². The molecule has 1 aliphatic carbocycles. The first-order valence-electron chi connectivity index (χ1n) is 7.20. The van der Waals surface area contributed by atoms with Crippen LogP contribution in [0.2, 0.25) is 0 Å². The number of nitrogens with one attached hydrogen (secondary N) is 1. The number of anilines is 1. The molecule has 1 aromatic heterocycles. The molecule has 0 aliphatic heterocycles. The van der Waals surface area contributed by atoms with Gasteiger partial charge in [0.05, 0.1) is 11.9 Å². The Morgan fingerprint density at radius 1 is 1.35 bits per heavy atom. The van der Waals surface area contributed by atoms with Crippen LogP contribution in [-0.2, 0) is 0 Å². The first-order chi connectivity index (χ1) is 9.37. The zero-order valence-corrected chi connectivity index (χ0v) is 12.3. The fourth-order valence-electron chi connectivity index (χ4n) is 3.08. The molecule has 0 saturated heterocycles. The van der Waals surface area contributed by atoms with E-state index in [1.54, 1.807) is 12.3 Å². The highest BCUT2D eigenvalue weighted by atomic mass is 19.1. The minimum absolute atomic E-state index is 0.0218. The van der Waals surface area contributed by atoms with Crippen molar-refractivity contribution in [2.24, 2.45) is 5.41 Å². The van der Waals surface area contributed by atoms with E-state index in [2.05, 4.69) is 31.1 Å². The van der Waals surface area contributed by atoms with Gasteiger partial charge in [-0.25, -0.2) is 4.39 Å². The number of benzene rings is 1. The molecular weight excluding hydrogens is 251 g/mol. The summed E-state index contributed by atoms with van der Waals surface area (Å²) in [6.07, 6.45) is 5.50. The fraction of sp³-hybridized carbons (Fsp3) is 0.471. The SMILES string of the molecule is CC1(CC(C)(C)Nc2cnc3c(F)cccc3c2)CC1. The standard InChI is InChI=1S/C17H21FN2/c1-16(2,11-17(3)7-8-17)20-13-9-12-5-4-6-14(18)15(12)19-10-13/h4-6,9-10,20H,7-8,11H2,1-3H3. The van der Waals surface area contributed by atoms with E-state index in [0.29, 0.717) is 10.9 Å². The van der Waals surface area contributed by atoms with Gasteiger partial charge in [0.2, 0.25) is 0 Å². The van der Waals surface area contributed by atoms with Gasteiger partial charge in [0.1, 0.15) is 11.3 Å². The Hall–Kier alpha value is -1.64. The summed E-state index contributed by atoms with van der Waals surface area (Å²) < 4.78 is 13.6. The topological polar surface area (TPSA) is 24.9 Å². The quantitative estimate of drug-likeness (QED) is 0.868. The number of hydrogen-bond donors (Lipinski definition) is 1. The highest BCUT2D eigenvalue weighted by Crippen LogP contribution is 2.51. The minimum atomic E-state index is -0.265. The molecule has 0 atom stereocenters. The van der Waals surface area contributed by atoms with Crippen LogP contribution in [0.1, 0.15) is 40.0 Å². The van der Waals surface area contributed by atoms with Crippen molar-refractivity contribution < 1.29 is 4.39 Å². The molecule has 1 aromatic carbocycles. The van der Waals surface area contributed by atoms with Gasteiger partial charge in [0, 0.05) is 10.9 Å². The first kappa shape index (κ1) is 13.3. The number of halogens is 1. The third-order valence-electron chi connectivity index (χ3n) is 4.12. The van der Waals surface area contributed by atoms with E-state index in [1.165, 1.54) is 18.9 Å². The molecule has 0 radical (unpaired) electrons. The van der Waals surface area contributed by atoms with Crippen LogP contribution in [0.4, 0.5) is 10.1 Å². The number of fused-ring (bicyclic) bond motifs is 1. The lowest BCUT2D eigenvalue weighted by molar-refractivity contribution is 0.390. The lowest BCUT2D eigenvalue weighted by atomic mass is 9.89. The zero-order chi connectivity index (χ0) is 14.4. The number of para-hydroxylation sites is 1. The van der Waals surface area contributed by atoms with Crippen molar-refractivity contribution in [3.63, 3.8) is 0 Å². The first-order valence-corrected chi connectivity index (χ1v) is 7.20. The molecule has 0 spiro atoms. The lowest BCUT2D eigenvalue weighted by Crippen LogP contribution is -2.33. The second kappa shape index (κ2) is 4.44. The van der Waals surface area contributed by atoms with Crippen LogP contribution in [0.15, 0.2) is 30.5 Å². The summed E-state index contributed by atoms with van der Waals surface area (Å²) in [5.41, 5.74) is 1.91. The summed E-state index contributed by atoms with van der Waals surface area (Å²) in [6.45, 7) is 6.77. The van der Waals surface area contributed by atoms with Crippen molar-refractivity contribution in [3.8, 4) is 0 Å². The minimum Gasteiger partial charge on any atom is -0.379 e. The summed E-state index contributed by atoms with van der Waals surface area (Å²) >= 11 is 0. The maximum Gasteiger partial charge on any atom is 0.149 e. The van der Waals surface area contributed by atoms with Gasteiger partial charge in [0.25, 0.3) is 0 Å². The third-order valence-corrected chi connectivity index (χ3v) is 4.12. The van der Waals surface area contributed by atoms with E-state index in [9.17, 15) is 4.39 Å². The second-order valence-electron chi connectivity index (χ2n) is 7.03. The van der Waals surface area contributed by atoms with E-state index >= 15 is 0 Å². The maximum atomic E-state index is 13.6. The Labute approximate surface area is 119 Å². The molecule has 1 fully saturated rings. The summed E-state index contributed by atoms with van der Waals surface area (Å²) in [5.74, 6) is -0.265. The second-order valence-corrected chi connectivity index (χ2v) is 7.03. The Morgan fingerprint density at radius 3 is 2.80 bits per heavy atom. The monoisotopic (exact) mass is 272 g/mol. The average molecular weight is 272 g/mol. The molecule has 0 unspecified atom stereocenters. The van der Waals surface area contributed by atoms with Gasteiger partial charge >= 0.3 is 0 Å². The highest BCUT2D eigenvalue weighted by Gasteiger charge is 2.41. The van der Waals surface area contributed by atoms with Crippen LogP contribution in [0.25, 0.3) is 10.9 Å². The molecule has 3 rings (SSSR count). The van der Waals surface area contributed by atoms with Gasteiger partial charge in [-0.05, 0) is 50.7 Å². The summed E-state index contributed by atoms with van der Waals surface area (Å²) in [4.78, 5) is 4.24. The number of rotatable bonds is 4. The predicted octanol–water partition coefficient (Wildman–Crippen LogP) is 4.75. The van der Waals surface area contributed by atoms with Crippen LogP contribution in [0.3, 0.4) is 0 Å². The van der Waals surface area contributed by atoms with Gasteiger partial charge in [-0.1, -0.05) is 19.1 Å². The summed E-state index contributed by atoms with van der Waals surface area (Å²) in [7, 11) is 0. The van der Waals surface area contributed by atoms with Crippen molar-refractivity contribution in [3.05, 3.63) is 36.3 Å². The molecule has 1 aliphatic rings. The van der Waals surface area contributed by atoms with Crippen molar-refractivity contribution in [2.45, 2.75) is 45.6 Å². The molecule has 1 N–H and O–H groups in total. The molecule has 3 heteroatoms. The van der Waals surface area contributed by atoms with E-state index < -0.39 is 0 Å². The van der Waals surface area contributed by atoms with Gasteiger partial charge in [0.15, 0.2) is 0 Å². The summed E-state index contributed by atoms with van der Waals surface area (Å²) in [6, 6.07) is 7.04. The van der Waals surface area contributed by atoms with E-state index in [-0.39, 0.29) is 11.4 Å². The molecule has 0 bridgehead atoms. The molecule has 1 heterocycles. The largest absolute Gasteiger partial charge is 0.379 e. The van der Waals surface area contributed by atoms with Crippen molar-refractivity contribution in [1.29, 1.82) is 0 Å². The van der Waals surface area contributed by atoms with Crippen LogP contribution in [-0.4, -0.2) is 10.5 Å². The maximum absolute atomic E-state index is 13.6. The van der Waals surface area contributed by atoms with E-state index in [1.807, 2.05) is 12.1 Å². The molecule has 1 saturated carbocycles. The Kier molecular flexibility index (Phi) is 2.96.